The van der Waals surface area contributed by atoms with Crippen molar-refractivity contribution in [1.82, 2.24) is 10.2 Å². The fourth-order valence-corrected chi connectivity index (χ4v) is 6.05. The summed E-state index contributed by atoms with van der Waals surface area (Å²) in [6, 6.07) is 21.4. The van der Waals surface area contributed by atoms with E-state index in [4.69, 9.17) is 9.47 Å². The van der Waals surface area contributed by atoms with Crippen LogP contribution in [0.2, 0.25) is 0 Å². The van der Waals surface area contributed by atoms with Gasteiger partial charge in [0.05, 0.1) is 11.9 Å². The van der Waals surface area contributed by atoms with Crippen molar-refractivity contribution in [2.24, 2.45) is 0 Å². The predicted octanol–water partition coefficient (Wildman–Crippen LogP) is 5.28. The van der Waals surface area contributed by atoms with Crippen molar-refractivity contribution in [1.29, 1.82) is 0 Å². The molecule has 2 unspecified atom stereocenters. The van der Waals surface area contributed by atoms with Crippen LogP contribution in [0.25, 0.3) is 0 Å². The Morgan fingerprint density at radius 3 is 2.35 bits per heavy atom. The van der Waals surface area contributed by atoms with Gasteiger partial charge in [0.15, 0.2) is 11.5 Å². The van der Waals surface area contributed by atoms with Gasteiger partial charge in [-0.15, -0.1) is 0 Å². The number of anilines is 1. The number of nitrogens with zero attached hydrogens (tertiary/aromatic N) is 2. The zero-order chi connectivity index (χ0) is 31.0. The number of hydrogen-bond donors (Lipinski definition) is 1. The first-order valence-corrected chi connectivity index (χ1v) is 16.9. The van der Waals surface area contributed by atoms with Crippen LogP contribution in [0.15, 0.2) is 77.3 Å². The Bertz CT molecular complexity index is 1500. The molecule has 2 amide bonds. The number of sulfonamides is 1. The van der Waals surface area contributed by atoms with Crippen LogP contribution < -0.4 is 19.1 Å². The number of carbonyl (C=O) groups is 2. The smallest absolute Gasteiger partial charge is 0.243 e. The van der Waals surface area contributed by atoms with Crippen LogP contribution in [0.1, 0.15) is 44.2 Å². The van der Waals surface area contributed by atoms with E-state index in [2.05, 4.69) is 21.2 Å². The monoisotopic (exact) mass is 671 g/mol. The van der Waals surface area contributed by atoms with Gasteiger partial charge in [-0.25, -0.2) is 8.42 Å². The Morgan fingerprint density at radius 1 is 0.977 bits per heavy atom. The Balaban J connectivity index is 1.58. The second-order valence-corrected chi connectivity index (χ2v) is 13.5. The SMILES string of the molecule is CCC(C)NC(=O)C(Cc1ccccc1)N(Cc1ccc(Br)cc1)C(=O)CCCN(c1ccc2c(c1)OCO2)S(C)(=O)=O. The first-order valence-electron chi connectivity index (χ1n) is 14.3. The molecule has 1 N–H and O–H groups in total. The second kappa shape index (κ2) is 14.7. The van der Waals surface area contributed by atoms with Crippen molar-refractivity contribution < 1.29 is 27.5 Å². The minimum Gasteiger partial charge on any atom is -0.454 e. The van der Waals surface area contributed by atoms with Crippen LogP contribution in [0.3, 0.4) is 0 Å². The highest BCUT2D eigenvalue weighted by atomic mass is 79.9. The summed E-state index contributed by atoms with van der Waals surface area (Å²) in [6.45, 7) is 4.33. The molecular formula is C32H38BrN3O6S. The van der Waals surface area contributed by atoms with E-state index in [1.807, 2.05) is 68.4 Å². The molecule has 3 aromatic carbocycles. The number of benzene rings is 3. The third-order valence-electron chi connectivity index (χ3n) is 7.33. The van der Waals surface area contributed by atoms with Gasteiger partial charge in [-0.3, -0.25) is 13.9 Å². The quantitative estimate of drug-likeness (QED) is 0.250. The summed E-state index contributed by atoms with van der Waals surface area (Å²) in [5.74, 6) is 0.569. The van der Waals surface area contributed by atoms with Gasteiger partial charge in [0.2, 0.25) is 28.6 Å². The molecule has 0 aromatic heterocycles. The summed E-state index contributed by atoms with van der Waals surface area (Å²) in [6.07, 6.45) is 2.54. The standard InChI is InChI=1S/C32H38BrN3O6S/c1-4-23(2)34-32(38)28(19-24-9-6-5-7-10-24)35(21-25-12-14-26(33)15-13-25)31(37)11-8-18-36(43(3,39)40)27-16-17-29-30(20-27)42-22-41-29/h5-7,9-10,12-17,20,23,28H,4,8,11,18-19,21-22H2,1-3H3,(H,34,38). The molecule has 2 atom stereocenters. The molecule has 230 valence electrons. The Kier molecular flexibility index (Phi) is 11.1. The zero-order valence-electron chi connectivity index (χ0n) is 24.7. The third-order valence-corrected chi connectivity index (χ3v) is 9.06. The maximum absolute atomic E-state index is 14.0. The van der Waals surface area contributed by atoms with Gasteiger partial charge < -0.3 is 19.7 Å². The molecule has 0 radical (unpaired) electrons. The molecule has 9 nitrogen and oxygen atoms in total. The lowest BCUT2D eigenvalue weighted by Gasteiger charge is -2.32. The highest BCUT2D eigenvalue weighted by Gasteiger charge is 2.31. The Morgan fingerprint density at radius 2 is 1.67 bits per heavy atom. The molecule has 0 spiro atoms. The van der Waals surface area contributed by atoms with E-state index >= 15 is 0 Å². The highest BCUT2D eigenvalue weighted by Crippen LogP contribution is 2.36. The average molecular weight is 673 g/mol. The van der Waals surface area contributed by atoms with Gasteiger partial charge in [0, 0.05) is 42.5 Å². The maximum Gasteiger partial charge on any atom is 0.243 e. The van der Waals surface area contributed by atoms with E-state index in [9.17, 15) is 18.0 Å². The largest absolute Gasteiger partial charge is 0.454 e. The summed E-state index contributed by atoms with van der Waals surface area (Å²) >= 11 is 3.46. The minimum atomic E-state index is -3.65. The van der Waals surface area contributed by atoms with Crippen LogP contribution in [-0.4, -0.2) is 56.8 Å². The number of carbonyl (C=O) groups excluding carboxylic acids is 2. The van der Waals surface area contributed by atoms with E-state index in [0.717, 1.165) is 28.3 Å². The first-order chi connectivity index (χ1) is 20.5. The number of halogens is 1. The summed E-state index contributed by atoms with van der Waals surface area (Å²) in [5, 5.41) is 3.07. The molecule has 1 aliphatic rings. The van der Waals surface area contributed by atoms with Crippen LogP contribution in [0.5, 0.6) is 11.5 Å². The van der Waals surface area contributed by atoms with E-state index in [0.29, 0.717) is 23.6 Å². The van der Waals surface area contributed by atoms with Crippen molar-refractivity contribution in [3.05, 3.63) is 88.4 Å². The molecule has 0 saturated carbocycles. The van der Waals surface area contributed by atoms with Gasteiger partial charge in [-0.2, -0.15) is 0 Å². The van der Waals surface area contributed by atoms with Crippen molar-refractivity contribution in [2.75, 3.05) is 23.9 Å². The Hall–Kier alpha value is -3.57. The zero-order valence-corrected chi connectivity index (χ0v) is 27.1. The van der Waals surface area contributed by atoms with Crippen LogP contribution in [0, 0.1) is 0 Å². The highest BCUT2D eigenvalue weighted by molar-refractivity contribution is 9.10. The summed E-state index contributed by atoms with van der Waals surface area (Å²) in [7, 11) is -3.65. The number of fused-ring (bicyclic) bond motifs is 1. The number of rotatable bonds is 14. The lowest BCUT2D eigenvalue weighted by Crippen LogP contribution is -2.52. The normalized spacial score (nSPS) is 13.7. The summed E-state index contributed by atoms with van der Waals surface area (Å²) < 4.78 is 38.4. The van der Waals surface area contributed by atoms with E-state index in [-0.39, 0.29) is 50.6 Å². The molecule has 43 heavy (non-hydrogen) atoms. The molecule has 0 fully saturated rings. The summed E-state index contributed by atoms with van der Waals surface area (Å²) in [4.78, 5) is 29.3. The van der Waals surface area contributed by atoms with Crippen LogP contribution >= 0.6 is 15.9 Å². The molecule has 3 aromatic rings. The summed E-state index contributed by atoms with van der Waals surface area (Å²) in [5.41, 5.74) is 2.25. The van der Waals surface area contributed by atoms with Gasteiger partial charge in [-0.05, 0) is 55.2 Å². The lowest BCUT2D eigenvalue weighted by molar-refractivity contribution is -0.141. The van der Waals surface area contributed by atoms with Gasteiger partial charge >= 0.3 is 0 Å². The molecule has 4 rings (SSSR count). The molecule has 0 aliphatic carbocycles. The van der Waals surface area contributed by atoms with E-state index in [1.165, 1.54) is 4.31 Å². The van der Waals surface area contributed by atoms with Crippen LogP contribution in [0.4, 0.5) is 5.69 Å². The molecule has 0 saturated heterocycles. The predicted molar refractivity (Wildman–Crippen MR) is 171 cm³/mol. The molecule has 11 heteroatoms. The topological polar surface area (TPSA) is 105 Å². The Labute approximate surface area is 262 Å². The molecule has 0 bridgehead atoms. The van der Waals surface area contributed by atoms with Crippen molar-refractivity contribution in [3.63, 3.8) is 0 Å². The van der Waals surface area contributed by atoms with E-state index in [1.54, 1.807) is 23.1 Å². The molecular weight excluding hydrogens is 634 g/mol. The van der Waals surface area contributed by atoms with E-state index < -0.39 is 16.1 Å². The van der Waals surface area contributed by atoms with Crippen molar-refractivity contribution in [3.8, 4) is 11.5 Å². The minimum absolute atomic E-state index is 0.0506. The fourth-order valence-electron chi connectivity index (χ4n) is 4.83. The van der Waals surface area contributed by atoms with Gasteiger partial charge in [0.1, 0.15) is 6.04 Å². The number of nitrogens with one attached hydrogen (secondary N) is 1. The fraction of sp³-hybridized carbons (Fsp3) is 0.375. The average Bonchev–Trinajstić information content (AvgIpc) is 3.46. The molecule has 1 aliphatic heterocycles. The van der Waals surface area contributed by atoms with Crippen LogP contribution in [-0.2, 0) is 32.6 Å². The number of amides is 2. The first kappa shape index (κ1) is 32.3. The van der Waals surface area contributed by atoms with Crippen molar-refractivity contribution >= 4 is 43.5 Å². The lowest BCUT2D eigenvalue weighted by atomic mass is 10.0. The maximum atomic E-state index is 14.0. The van der Waals surface area contributed by atoms with Gasteiger partial charge in [0.25, 0.3) is 0 Å². The number of hydrogen-bond acceptors (Lipinski definition) is 6. The van der Waals surface area contributed by atoms with Crippen molar-refractivity contribution in [2.45, 2.75) is 58.2 Å². The molecule has 1 heterocycles. The number of ether oxygens (including phenoxy) is 2. The van der Waals surface area contributed by atoms with Gasteiger partial charge in [-0.1, -0.05) is 65.3 Å². The third kappa shape index (κ3) is 8.96. The second-order valence-electron chi connectivity index (χ2n) is 10.6.